The van der Waals surface area contributed by atoms with E-state index in [0.29, 0.717) is 0 Å². The van der Waals surface area contributed by atoms with Gasteiger partial charge in [0.05, 0.1) is 6.26 Å². The molecule has 0 spiro atoms. The molecule has 0 saturated heterocycles. The molecule has 0 aliphatic heterocycles. The van der Waals surface area contributed by atoms with Crippen LogP contribution in [0.1, 0.15) is 20.3 Å². The first-order valence-corrected chi connectivity index (χ1v) is 4.87. The third-order valence-electron chi connectivity index (χ3n) is 1.05. The molecule has 2 heteroatoms. The largest absolute Gasteiger partial charge is 1.00 e. The summed E-state index contributed by atoms with van der Waals surface area (Å²) in [5.41, 5.74) is 0. The van der Waals surface area contributed by atoms with E-state index in [2.05, 4.69) is 20.1 Å². The molecule has 0 nitrogen and oxygen atoms in total. The van der Waals surface area contributed by atoms with Crippen LogP contribution < -0.4 is 24.0 Å². The van der Waals surface area contributed by atoms with Gasteiger partial charge in [0.1, 0.15) is 11.5 Å². The van der Waals surface area contributed by atoms with Crippen molar-refractivity contribution in [3.8, 4) is 0 Å². The summed E-state index contributed by atoms with van der Waals surface area (Å²) in [6.07, 6.45) is 3.69. The van der Waals surface area contributed by atoms with Gasteiger partial charge in [0.15, 0.2) is 0 Å². The van der Waals surface area contributed by atoms with Crippen molar-refractivity contribution in [3.05, 3.63) is 0 Å². The standard InChI is InChI=1S/C6H15S.HI/c1-4-6-7(3)5-2;/h4-6H2,1-3H3;1H/q+1;/p-1. The Morgan fingerprint density at radius 2 is 1.75 bits per heavy atom. The molecule has 0 aliphatic carbocycles. The first kappa shape index (κ1) is 11.8. The molecule has 0 radical (unpaired) electrons. The molecule has 0 bridgehead atoms. The van der Waals surface area contributed by atoms with Crippen LogP contribution in [0.25, 0.3) is 0 Å². The van der Waals surface area contributed by atoms with Crippen molar-refractivity contribution in [2.24, 2.45) is 0 Å². The fourth-order valence-electron chi connectivity index (χ4n) is 0.493. The molecular formula is C6H15IS. The Bertz CT molecular complexity index is 39.5. The molecular weight excluding hydrogens is 231 g/mol. The summed E-state index contributed by atoms with van der Waals surface area (Å²) in [6.45, 7) is 4.51. The van der Waals surface area contributed by atoms with Crippen LogP contribution in [0.4, 0.5) is 0 Å². The number of halogens is 1. The van der Waals surface area contributed by atoms with Gasteiger partial charge in [-0.15, -0.1) is 0 Å². The molecule has 52 valence electrons. The third-order valence-corrected chi connectivity index (χ3v) is 3.14. The smallest absolute Gasteiger partial charge is 0.107 e. The molecule has 1 unspecified atom stereocenters. The van der Waals surface area contributed by atoms with Gasteiger partial charge in [0, 0.05) is 0 Å². The summed E-state index contributed by atoms with van der Waals surface area (Å²) in [7, 11) is 0.723. The van der Waals surface area contributed by atoms with Crippen LogP contribution >= 0.6 is 0 Å². The van der Waals surface area contributed by atoms with E-state index in [4.69, 9.17) is 0 Å². The van der Waals surface area contributed by atoms with Crippen molar-refractivity contribution in [1.82, 2.24) is 0 Å². The zero-order chi connectivity index (χ0) is 5.70. The van der Waals surface area contributed by atoms with Crippen LogP contribution in [-0.2, 0) is 10.9 Å². The minimum Gasteiger partial charge on any atom is -1.00 e. The molecule has 0 aliphatic rings. The van der Waals surface area contributed by atoms with Gasteiger partial charge < -0.3 is 24.0 Å². The van der Waals surface area contributed by atoms with E-state index >= 15 is 0 Å². The predicted octanol–water partition coefficient (Wildman–Crippen LogP) is -1.33. The quantitative estimate of drug-likeness (QED) is 0.427. The Balaban J connectivity index is 0. The molecule has 0 aromatic heterocycles. The third kappa shape index (κ3) is 7.08. The maximum atomic E-state index is 2.34. The fraction of sp³-hybridized carbons (Fsp3) is 1.00. The van der Waals surface area contributed by atoms with Crippen molar-refractivity contribution >= 4 is 10.9 Å². The van der Waals surface area contributed by atoms with E-state index in [1.54, 1.807) is 0 Å². The van der Waals surface area contributed by atoms with Gasteiger partial charge in [-0.1, -0.05) is 6.92 Å². The van der Waals surface area contributed by atoms with Gasteiger partial charge in [0.2, 0.25) is 0 Å². The Labute approximate surface area is 72.8 Å². The van der Waals surface area contributed by atoms with Crippen molar-refractivity contribution < 1.29 is 24.0 Å². The number of hydrogen-bond acceptors (Lipinski definition) is 0. The van der Waals surface area contributed by atoms with E-state index in [1.807, 2.05) is 0 Å². The average Bonchev–Trinajstić information content (AvgIpc) is 1.68. The van der Waals surface area contributed by atoms with Crippen molar-refractivity contribution in [1.29, 1.82) is 0 Å². The molecule has 0 aromatic carbocycles. The summed E-state index contributed by atoms with van der Waals surface area (Å²) in [4.78, 5) is 0. The van der Waals surface area contributed by atoms with Crippen molar-refractivity contribution in [2.75, 3.05) is 17.8 Å². The highest BCUT2D eigenvalue weighted by molar-refractivity contribution is 7.96. The van der Waals surface area contributed by atoms with Gasteiger partial charge >= 0.3 is 0 Å². The lowest BCUT2D eigenvalue weighted by Gasteiger charge is -1.93. The predicted molar refractivity (Wildman–Crippen MR) is 39.0 cm³/mol. The zero-order valence-corrected chi connectivity index (χ0v) is 8.88. The second kappa shape index (κ2) is 8.08. The Morgan fingerprint density at radius 3 is 1.88 bits per heavy atom. The molecule has 0 N–H and O–H groups in total. The van der Waals surface area contributed by atoms with Gasteiger partial charge in [0.25, 0.3) is 0 Å². The summed E-state index contributed by atoms with van der Waals surface area (Å²) in [6, 6.07) is 0. The molecule has 0 amide bonds. The number of rotatable bonds is 3. The Morgan fingerprint density at radius 1 is 1.25 bits per heavy atom. The lowest BCUT2D eigenvalue weighted by Crippen LogP contribution is -3.00. The topological polar surface area (TPSA) is 0 Å². The summed E-state index contributed by atoms with van der Waals surface area (Å²) < 4.78 is 0. The van der Waals surface area contributed by atoms with Crippen LogP contribution in [0.5, 0.6) is 0 Å². The van der Waals surface area contributed by atoms with Crippen LogP contribution in [0.3, 0.4) is 0 Å². The highest BCUT2D eigenvalue weighted by Gasteiger charge is 2.01. The molecule has 0 rings (SSSR count). The second-order valence-corrected chi connectivity index (χ2v) is 4.32. The maximum absolute atomic E-state index is 2.34. The zero-order valence-electron chi connectivity index (χ0n) is 5.91. The first-order valence-electron chi connectivity index (χ1n) is 2.90. The lowest BCUT2D eigenvalue weighted by atomic mass is 10.6. The fourth-order valence-corrected chi connectivity index (χ4v) is 1.48. The molecule has 0 heterocycles. The van der Waals surface area contributed by atoms with E-state index < -0.39 is 0 Å². The SMILES string of the molecule is CCC[S+](C)CC.[I-]. The van der Waals surface area contributed by atoms with Crippen molar-refractivity contribution in [3.63, 3.8) is 0 Å². The van der Waals surface area contributed by atoms with Crippen LogP contribution in [0, 0.1) is 0 Å². The van der Waals surface area contributed by atoms with Crippen LogP contribution in [0.15, 0.2) is 0 Å². The lowest BCUT2D eigenvalue weighted by molar-refractivity contribution is -0.00000171. The second-order valence-electron chi connectivity index (χ2n) is 1.77. The highest BCUT2D eigenvalue weighted by atomic mass is 127. The Kier molecular flexibility index (Phi) is 11.9. The van der Waals surface area contributed by atoms with E-state index in [0.717, 1.165) is 10.9 Å². The molecule has 0 fully saturated rings. The summed E-state index contributed by atoms with van der Waals surface area (Å²) in [5, 5.41) is 0. The van der Waals surface area contributed by atoms with E-state index in [-0.39, 0.29) is 24.0 Å². The summed E-state index contributed by atoms with van der Waals surface area (Å²) >= 11 is 0. The minimum atomic E-state index is 0. The summed E-state index contributed by atoms with van der Waals surface area (Å²) in [5.74, 6) is 2.80. The molecule has 1 atom stereocenters. The maximum Gasteiger partial charge on any atom is 0.107 e. The molecule has 0 aromatic rings. The van der Waals surface area contributed by atoms with Gasteiger partial charge in [-0.05, 0) is 24.2 Å². The van der Waals surface area contributed by atoms with E-state index in [1.165, 1.54) is 17.9 Å². The number of hydrogen-bond donors (Lipinski definition) is 0. The van der Waals surface area contributed by atoms with Gasteiger partial charge in [-0.3, -0.25) is 0 Å². The normalized spacial score (nSPS) is 12.4. The minimum absolute atomic E-state index is 0. The van der Waals surface area contributed by atoms with Crippen LogP contribution in [0.2, 0.25) is 0 Å². The first-order chi connectivity index (χ1) is 3.31. The Hall–Kier alpha value is 1.08. The van der Waals surface area contributed by atoms with Gasteiger partial charge in [-0.2, -0.15) is 0 Å². The molecule has 8 heavy (non-hydrogen) atoms. The highest BCUT2D eigenvalue weighted by Crippen LogP contribution is 1.91. The van der Waals surface area contributed by atoms with Crippen LogP contribution in [-0.4, -0.2) is 17.8 Å². The van der Waals surface area contributed by atoms with Crippen molar-refractivity contribution in [2.45, 2.75) is 20.3 Å². The van der Waals surface area contributed by atoms with Gasteiger partial charge in [-0.25, -0.2) is 0 Å². The molecule has 0 saturated carbocycles. The average molecular weight is 246 g/mol. The van der Waals surface area contributed by atoms with E-state index in [9.17, 15) is 0 Å². The monoisotopic (exact) mass is 246 g/mol.